The average molecular weight is 318 g/mol. The van der Waals surface area contributed by atoms with E-state index in [0.29, 0.717) is 5.92 Å². The van der Waals surface area contributed by atoms with Crippen molar-refractivity contribution >= 4 is 6.09 Å². The maximum absolute atomic E-state index is 11.3. The van der Waals surface area contributed by atoms with E-state index in [1.807, 2.05) is 0 Å². The van der Waals surface area contributed by atoms with E-state index in [2.05, 4.69) is 23.5 Å². The van der Waals surface area contributed by atoms with Gasteiger partial charge in [0.15, 0.2) is 0 Å². The Morgan fingerprint density at radius 2 is 2.26 bits per heavy atom. The second-order valence-electron chi connectivity index (χ2n) is 7.01. The minimum Gasteiger partial charge on any atom is -0.446 e. The van der Waals surface area contributed by atoms with Crippen LogP contribution in [0.25, 0.3) is 0 Å². The minimum atomic E-state index is -0.410. The lowest BCUT2D eigenvalue weighted by Gasteiger charge is -2.26. The molecule has 2 aliphatic rings. The summed E-state index contributed by atoms with van der Waals surface area (Å²) in [6.45, 7) is 0.0625. The van der Waals surface area contributed by atoms with Crippen molar-refractivity contribution in [3.05, 3.63) is 34.9 Å². The number of aliphatic hydroxyl groups excluding tert-OH is 1. The van der Waals surface area contributed by atoms with Crippen molar-refractivity contribution in [3.8, 4) is 0 Å². The monoisotopic (exact) mass is 318 g/mol. The molecule has 0 heterocycles. The van der Waals surface area contributed by atoms with Gasteiger partial charge in [-0.05, 0) is 54.7 Å². The number of fused-ring (bicyclic) bond motifs is 1. The van der Waals surface area contributed by atoms with Crippen molar-refractivity contribution in [1.82, 2.24) is 5.32 Å². The summed E-state index contributed by atoms with van der Waals surface area (Å²) >= 11 is 0. The summed E-state index contributed by atoms with van der Waals surface area (Å²) in [7, 11) is 1.58. The van der Waals surface area contributed by atoms with E-state index in [1.54, 1.807) is 7.05 Å². The lowest BCUT2D eigenvalue weighted by Crippen LogP contribution is -2.40. The molecule has 5 heteroatoms. The Kier molecular flexibility index (Phi) is 4.60. The molecule has 1 amide bonds. The number of ether oxygens (including phenoxy) is 1. The molecule has 5 nitrogen and oxygen atoms in total. The van der Waals surface area contributed by atoms with Crippen molar-refractivity contribution in [2.45, 2.75) is 56.1 Å². The first-order chi connectivity index (χ1) is 11.0. The number of aryl methyl sites for hydroxylation is 1. The number of nitrogens with one attached hydrogen (secondary N) is 1. The van der Waals surface area contributed by atoms with Gasteiger partial charge >= 0.3 is 6.09 Å². The molecule has 4 N–H and O–H groups in total. The number of alkyl carbamates (subject to hydrolysis) is 1. The number of aliphatic hydroxyl groups is 1. The first-order valence-electron chi connectivity index (χ1n) is 8.43. The minimum absolute atomic E-state index is 0.0362. The van der Waals surface area contributed by atoms with Crippen LogP contribution < -0.4 is 11.1 Å². The van der Waals surface area contributed by atoms with Gasteiger partial charge in [-0.3, -0.25) is 0 Å². The first-order valence-corrected chi connectivity index (χ1v) is 8.43. The van der Waals surface area contributed by atoms with Crippen LogP contribution in [0, 0.1) is 0 Å². The topological polar surface area (TPSA) is 84.6 Å². The zero-order valence-electron chi connectivity index (χ0n) is 13.7. The fourth-order valence-electron chi connectivity index (χ4n) is 3.89. The molecule has 1 aromatic carbocycles. The standard InChI is InChI=1S/C18H26N2O3/c1-20-17(22)23-16-5-4-12-8-13(2-3-14(12)9-16)15-6-7-18(19,10-15)11-21/h2-3,8,15-16,21H,4-7,9-11,19H2,1H3,(H,20,22)/t15-,16?,18+/m0/s1. The number of hydrogen-bond acceptors (Lipinski definition) is 4. The molecule has 0 spiro atoms. The van der Waals surface area contributed by atoms with E-state index >= 15 is 0 Å². The van der Waals surface area contributed by atoms with E-state index in [9.17, 15) is 9.90 Å². The highest BCUT2D eigenvalue weighted by Crippen LogP contribution is 2.40. The summed E-state index contributed by atoms with van der Waals surface area (Å²) in [5, 5.41) is 11.9. The second kappa shape index (κ2) is 6.49. The molecule has 1 aromatic rings. The molecule has 3 atom stereocenters. The van der Waals surface area contributed by atoms with Gasteiger partial charge in [0.2, 0.25) is 0 Å². The molecule has 126 valence electrons. The summed E-state index contributed by atoms with van der Waals surface area (Å²) in [6.07, 6.45) is 4.97. The van der Waals surface area contributed by atoms with Crippen LogP contribution in [-0.2, 0) is 17.6 Å². The molecule has 0 aliphatic heterocycles. The Balaban J connectivity index is 1.69. The van der Waals surface area contributed by atoms with Crippen LogP contribution in [0.5, 0.6) is 0 Å². The lowest BCUT2D eigenvalue weighted by molar-refractivity contribution is 0.0913. The summed E-state index contributed by atoms with van der Waals surface area (Å²) < 4.78 is 5.37. The molecule has 1 unspecified atom stereocenters. The molecule has 2 aliphatic carbocycles. The number of carbonyl (C=O) groups is 1. The summed E-state index contributed by atoms with van der Waals surface area (Å²) in [5.74, 6) is 0.442. The van der Waals surface area contributed by atoms with Crippen LogP contribution in [0.1, 0.15) is 48.3 Å². The van der Waals surface area contributed by atoms with E-state index in [0.717, 1.165) is 38.5 Å². The van der Waals surface area contributed by atoms with Crippen molar-refractivity contribution in [2.75, 3.05) is 13.7 Å². The largest absolute Gasteiger partial charge is 0.446 e. The number of hydrogen-bond donors (Lipinski definition) is 3. The van der Waals surface area contributed by atoms with E-state index in [4.69, 9.17) is 10.5 Å². The van der Waals surface area contributed by atoms with Gasteiger partial charge in [-0.25, -0.2) is 4.79 Å². The number of carbonyl (C=O) groups excluding carboxylic acids is 1. The smallest absolute Gasteiger partial charge is 0.407 e. The third-order valence-corrected chi connectivity index (χ3v) is 5.32. The van der Waals surface area contributed by atoms with Crippen LogP contribution in [0.15, 0.2) is 18.2 Å². The molecular weight excluding hydrogens is 292 g/mol. The summed E-state index contributed by atoms with van der Waals surface area (Å²) in [5.41, 5.74) is 9.75. The van der Waals surface area contributed by atoms with Crippen LogP contribution >= 0.6 is 0 Å². The van der Waals surface area contributed by atoms with Crippen LogP contribution in [0.3, 0.4) is 0 Å². The number of rotatable bonds is 3. The van der Waals surface area contributed by atoms with Crippen molar-refractivity contribution in [1.29, 1.82) is 0 Å². The molecule has 0 radical (unpaired) electrons. The second-order valence-corrected chi connectivity index (χ2v) is 7.01. The predicted octanol–water partition coefficient (Wildman–Crippen LogP) is 1.86. The predicted molar refractivity (Wildman–Crippen MR) is 88.4 cm³/mol. The van der Waals surface area contributed by atoms with Gasteiger partial charge in [0.1, 0.15) is 6.10 Å². The van der Waals surface area contributed by atoms with E-state index in [-0.39, 0.29) is 18.8 Å². The van der Waals surface area contributed by atoms with Crippen LogP contribution in [-0.4, -0.2) is 36.5 Å². The van der Waals surface area contributed by atoms with E-state index < -0.39 is 5.54 Å². The molecule has 0 saturated heterocycles. The van der Waals surface area contributed by atoms with Gasteiger partial charge in [-0.15, -0.1) is 0 Å². The molecular formula is C18H26N2O3. The van der Waals surface area contributed by atoms with Crippen LogP contribution in [0.2, 0.25) is 0 Å². The maximum atomic E-state index is 11.3. The van der Waals surface area contributed by atoms with Crippen molar-refractivity contribution in [2.24, 2.45) is 5.73 Å². The van der Waals surface area contributed by atoms with Gasteiger partial charge in [0, 0.05) is 19.0 Å². The highest BCUT2D eigenvalue weighted by Gasteiger charge is 2.36. The molecule has 23 heavy (non-hydrogen) atoms. The molecule has 0 bridgehead atoms. The number of benzene rings is 1. The number of nitrogens with two attached hydrogens (primary N) is 1. The molecule has 3 rings (SSSR count). The maximum Gasteiger partial charge on any atom is 0.407 e. The Bertz CT molecular complexity index is 590. The summed E-state index contributed by atoms with van der Waals surface area (Å²) in [4.78, 5) is 11.3. The first kappa shape index (κ1) is 16.3. The molecule has 1 fully saturated rings. The number of amides is 1. The quantitative estimate of drug-likeness (QED) is 0.794. The van der Waals surface area contributed by atoms with Gasteiger partial charge in [-0.2, -0.15) is 0 Å². The fraction of sp³-hybridized carbons (Fsp3) is 0.611. The summed E-state index contributed by atoms with van der Waals surface area (Å²) in [6, 6.07) is 6.63. The van der Waals surface area contributed by atoms with Gasteiger partial charge < -0.3 is 20.9 Å². The van der Waals surface area contributed by atoms with Crippen molar-refractivity contribution in [3.63, 3.8) is 0 Å². The normalized spacial score (nSPS) is 29.9. The SMILES string of the molecule is CNC(=O)OC1CCc2cc([C@H]3CC[C@](N)(CO)C3)ccc2C1. The third kappa shape index (κ3) is 3.51. The average Bonchev–Trinajstić information content (AvgIpc) is 2.97. The van der Waals surface area contributed by atoms with E-state index in [1.165, 1.54) is 16.7 Å². The van der Waals surface area contributed by atoms with Gasteiger partial charge in [-0.1, -0.05) is 18.2 Å². The fourth-order valence-corrected chi connectivity index (χ4v) is 3.89. The highest BCUT2D eigenvalue weighted by molar-refractivity contribution is 5.67. The highest BCUT2D eigenvalue weighted by atomic mass is 16.6. The van der Waals surface area contributed by atoms with Crippen LogP contribution in [0.4, 0.5) is 4.79 Å². The zero-order chi connectivity index (χ0) is 16.4. The Morgan fingerprint density at radius 3 is 2.96 bits per heavy atom. The zero-order valence-corrected chi connectivity index (χ0v) is 13.7. The van der Waals surface area contributed by atoms with Gasteiger partial charge in [0.25, 0.3) is 0 Å². The molecule has 1 saturated carbocycles. The lowest BCUT2D eigenvalue weighted by atomic mass is 9.85. The Hall–Kier alpha value is -1.59. The molecule has 0 aromatic heterocycles. The van der Waals surface area contributed by atoms with Crippen molar-refractivity contribution < 1.29 is 14.6 Å². The Labute approximate surface area is 137 Å². The third-order valence-electron chi connectivity index (χ3n) is 5.32. The Morgan fingerprint density at radius 1 is 1.43 bits per heavy atom. The van der Waals surface area contributed by atoms with Gasteiger partial charge in [0.05, 0.1) is 6.61 Å².